The van der Waals surface area contributed by atoms with E-state index < -0.39 is 0 Å². The molecule has 154 valence electrons. The Balaban J connectivity index is 1.43. The fourth-order valence-electron chi connectivity index (χ4n) is 2.87. The van der Waals surface area contributed by atoms with Crippen molar-refractivity contribution in [2.45, 2.75) is 0 Å². The van der Waals surface area contributed by atoms with Crippen LogP contribution in [0, 0.1) is 0 Å². The van der Waals surface area contributed by atoms with Crippen LogP contribution in [0.2, 0.25) is 5.02 Å². The van der Waals surface area contributed by atoms with E-state index in [1.807, 2.05) is 24.3 Å². The first-order valence-corrected chi connectivity index (χ1v) is 9.80. The number of hydrogen-bond acceptors (Lipinski definition) is 5. The predicted molar refractivity (Wildman–Crippen MR) is 120 cm³/mol. The molecule has 0 bridgehead atoms. The highest BCUT2D eigenvalue weighted by Gasteiger charge is 2.08. The first-order valence-electron chi connectivity index (χ1n) is 9.42. The van der Waals surface area contributed by atoms with Gasteiger partial charge in [-0.05, 0) is 48.0 Å². The summed E-state index contributed by atoms with van der Waals surface area (Å²) in [5.74, 6) is 1.06. The Morgan fingerprint density at radius 1 is 0.871 bits per heavy atom. The maximum Gasteiger partial charge on any atom is 0.321 e. The highest BCUT2D eigenvalue weighted by Crippen LogP contribution is 2.25. The molecule has 0 radical (unpaired) electrons. The number of carbonyl (C=O) groups excluding carboxylic acids is 1. The molecule has 0 unspecified atom stereocenters. The van der Waals surface area contributed by atoms with E-state index in [0.29, 0.717) is 27.8 Å². The van der Waals surface area contributed by atoms with Gasteiger partial charge >= 0.3 is 6.01 Å². The molecule has 0 spiro atoms. The summed E-state index contributed by atoms with van der Waals surface area (Å²) in [7, 11) is 1.59. The minimum Gasteiger partial charge on any atom is -0.497 e. The minimum absolute atomic E-state index is 0.216. The topological polar surface area (TPSA) is 73.3 Å². The van der Waals surface area contributed by atoms with Crippen LogP contribution < -0.4 is 14.8 Å². The summed E-state index contributed by atoms with van der Waals surface area (Å²) in [4.78, 5) is 21.0. The molecule has 1 heterocycles. The van der Waals surface area contributed by atoms with E-state index in [-0.39, 0.29) is 11.9 Å². The van der Waals surface area contributed by atoms with Gasteiger partial charge in [-0.1, -0.05) is 35.9 Å². The summed E-state index contributed by atoms with van der Waals surface area (Å²) < 4.78 is 10.8. The fourth-order valence-corrected chi connectivity index (χ4v) is 3.06. The number of aromatic nitrogens is 2. The molecular weight excluding hydrogens is 414 g/mol. The molecule has 7 heteroatoms. The van der Waals surface area contributed by atoms with Gasteiger partial charge in [-0.15, -0.1) is 0 Å². The van der Waals surface area contributed by atoms with E-state index in [1.54, 1.807) is 68.0 Å². The van der Waals surface area contributed by atoms with Crippen LogP contribution in [0.4, 0.5) is 5.69 Å². The third-order valence-corrected chi connectivity index (χ3v) is 4.68. The number of methoxy groups -OCH3 is 1. The van der Waals surface area contributed by atoms with Crippen LogP contribution in [0.15, 0.2) is 85.2 Å². The number of carbonyl (C=O) groups is 1. The smallest absolute Gasteiger partial charge is 0.321 e. The van der Waals surface area contributed by atoms with Gasteiger partial charge in [0, 0.05) is 40.3 Å². The van der Waals surface area contributed by atoms with E-state index in [9.17, 15) is 4.79 Å². The molecule has 0 saturated carbocycles. The lowest BCUT2D eigenvalue weighted by molar-refractivity contribution is 0.102. The average Bonchev–Trinajstić information content (AvgIpc) is 2.80. The molecule has 0 fully saturated rings. The summed E-state index contributed by atoms with van der Waals surface area (Å²) in [5, 5.41) is 3.39. The van der Waals surface area contributed by atoms with Gasteiger partial charge in [0.25, 0.3) is 5.91 Å². The van der Waals surface area contributed by atoms with Gasteiger partial charge in [0.15, 0.2) is 0 Å². The molecule has 0 aliphatic rings. The molecule has 1 N–H and O–H groups in total. The standard InChI is InChI=1S/C24H18ClN3O3/c1-30-21-6-3-7-22(13-21)31-24-26-14-18(15-27-24)16-8-10-17(11-9-16)23(29)28-20-5-2-4-19(25)12-20/h2-15H,1H3,(H,28,29). The molecule has 3 aromatic carbocycles. The predicted octanol–water partition coefficient (Wildman–Crippen LogP) is 5.85. The maximum atomic E-state index is 12.4. The second kappa shape index (κ2) is 9.28. The molecule has 0 atom stereocenters. The van der Waals surface area contributed by atoms with Crippen molar-refractivity contribution in [2.75, 3.05) is 12.4 Å². The van der Waals surface area contributed by atoms with E-state index in [0.717, 1.165) is 11.1 Å². The van der Waals surface area contributed by atoms with Crippen LogP contribution in [-0.4, -0.2) is 23.0 Å². The van der Waals surface area contributed by atoms with Crippen molar-refractivity contribution in [1.82, 2.24) is 9.97 Å². The number of anilines is 1. The number of nitrogens with one attached hydrogen (secondary N) is 1. The Labute approximate surface area is 184 Å². The Morgan fingerprint density at radius 3 is 2.29 bits per heavy atom. The quantitative estimate of drug-likeness (QED) is 0.414. The molecule has 4 aromatic rings. The molecule has 31 heavy (non-hydrogen) atoms. The van der Waals surface area contributed by atoms with E-state index in [4.69, 9.17) is 21.1 Å². The molecule has 0 aliphatic carbocycles. The highest BCUT2D eigenvalue weighted by molar-refractivity contribution is 6.31. The zero-order valence-electron chi connectivity index (χ0n) is 16.6. The molecule has 1 aromatic heterocycles. The van der Waals surface area contributed by atoms with Crippen LogP contribution in [0.5, 0.6) is 17.5 Å². The Morgan fingerprint density at radius 2 is 1.58 bits per heavy atom. The minimum atomic E-state index is -0.216. The van der Waals surface area contributed by atoms with Gasteiger partial charge in [0.2, 0.25) is 0 Å². The number of nitrogens with zero attached hydrogens (tertiary/aromatic N) is 2. The van der Waals surface area contributed by atoms with Gasteiger partial charge in [-0.2, -0.15) is 0 Å². The monoisotopic (exact) mass is 431 g/mol. The van der Waals surface area contributed by atoms with Crippen LogP contribution in [0.25, 0.3) is 11.1 Å². The number of ether oxygens (including phenoxy) is 2. The fraction of sp³-hybridized carbons (Fsp3) is 0.0417. The van der Waals surface area contributed by atoms with Crippen LogP contribution in [-0.2, 0) is 0 Å². The lowest BCUT2D eigenvalue weighted by atomic mass is 10.1. The zero-order chi connectivity index (χ0) is 21.6. The summed E-state index contributed by atoms with van der Waals surface area (Å²) in [5.41, 5.74) is 2.86. The summed E-state index contributed by atoms with van der Waals surface area (Å²) >= 11 is 5.96. The molecule has 0 saturated heterocycles. The van der Waals surface area contributed by atoms with Crippen molar-refractivity contribution in [3.63, 3.8) is 0 Å². The second-order valence-corrected chi connectivity index (χ2v) is 7.01. The van der Waals surface area contributed by atoms with Crippen molar-refractivity contribution in [3.8, 4) is 28.6 Å². The Kier molecular flexibility index (Phi) is 6.10. The van der Waals surface area contributed by atoms with E-state index in [2.05, 4.69) is 15.3 Å². The second-order valence-electron chi connectivity index (χ2n) is 6.58. The van der Waals surface area contributed by atoms with Crippen molar-refractivity contribution in [2.24, 2.45) is 0 Å². The Bertz CT molecular complexity index is 1200. The largest absolute Gasteiger partial charge is 0.497 e. The molecule has 0 aliphatic heterocycles. The van der Waals surface area contributed by atoms with E-state index >= 15 is 0 Å². The van der Waals surface area contributed by atoms with Gasteiger partial charge in [0.1, 0.15) is 11.5 Å². The summed E-state index contributed by atoms with van der Waals surface area (Å²) in [6.45, 7) is 0. The van der Waals surface area contributed by atoms with Crippen LogP contribution >= 0.6 is 11.6 Å². The number of amides is 1. The SMILES string of the molecule is COc1cccc(Oc2ncc(-c3ccc(C(=O)Nc4cccc(Cl)c4)cc3)cn2)c1. The van der Waals surface area contributed by atoms with Gasteiger partial charge in [-0.25, -0.2) is 9.97 Å². The zero-order valence-corrected chi connectivity index (χ0v) is 17.3. The number of rotatable bonds is 6. The Hall–Kier alpha value is -3.90. The molecule has 1 amide bonds. The number of hydrogen-bond donors (Lipinski definition) is 1. The summed E-state index contributed by atoms with van der Waals surface area (Å²) in [6, 6.07) is 21.6. The molecule has 6 nitrogen and oxygen atoms in total. The van der Waals surface area contributed by atoms with Crippen molar-refractivity contribution < 1.29 is 14.3 Å². The third-order valence-electron chi connectivity index (χ3n) is 4.44. The highest BCUT2D eigenvalue weighted by atomic mass is 35.5. The lowest BCUT2D eigenvalue weighted by Gasteiger charge is -2.08. The van der Waals surface area contributed by atoms with Crippen molar-refractivity contribution in [1.29, 1.82) is 0 Å². The van der Waals surface area contributed by atoms with Gasteiger partial charge < -0.3 is 14.8 Å². The number of halogens is 1. The van der Waals surface area contributed by atoms with Crippen LogP contribution in [0.1, 0.15) is 10.4 Å². The van der Waals surface area contributed by atoms with Crippen molar-refractivity contribution in [3.05, 3.63) is 95.8 Å². The molecule has 4 rings (SSSR count). The van der Waals surface area contributed by atoms with Crippen LogP contribution in [0.3, 0.4) is 0 Å². The first-order chi connectivity index (χ1) is 15.1. The lowest BCUT2D eigenvalue weighted by Crippen LogP contribution is -2.11. The summed E-state index contributed by atoms with van der Waals surface area (Å²) in [6.07, 6.45) is 3.34. The maximum absolute atomic E-state index is 12.4. The average molecular weight is 432 g/mol. The van der Waals surface area contributed by atoms with Gasteiger partial charge in [0.05, 0.1) is 7.11 Å². The van der Waals surface area contributed by atoms with E-state index in [1.165, 1.54) is 0 Å². The normalized spacial score (nSPS) is 10.4. The first kappa shape index (κ1) is 20.4. The van der Waals surface area contributed by atoms with Gasteiger partial charge in [-0.3, -0.25) is 4.79 Å². The number of benzene rings is 3. The van der Waals surface area contributed by atoms with Crippen molar-refractivity contribution >= 4 is 23.2 Å². The third kappa shape index (κ3) is 5.18. The molecular formula is C24H18ClN3O3.